The van der Waals surface area contributed by atoms with Crippen LogP contribution in [-0.2, 0) is 6.42 Å². The Bertz CT molecular complexity index is 401. The highest BCUT2D eigenvalue weighted by molar-refractivity contribution is 14.0. The van der Waals surface area contributed by atoms with Crippen molar-refractivity contribution in [3.05, 3.63) is 11.7 Å². The summed E-state index contributed by atoms with van der Waals surface area (Å²) in [6.07, 6.45) is 3.21. The van der Waals surface area contributed by atoms with Crippen LogP contribution in [0.25, 0.3) is 0 Å². The lowest BCUT2D eigenvalue weighted by molar-refractivity contribution is 0.375. The molecule has 1 saturated heterocycles. The smallest absolute Gasteiger partial charge is 0.228 e. The molecule has 1 N–H and O–H groups in total. The highest BCUT2D eigenvalue weighted by Gasteiger charge is 2.15. The standard InChI is InChI=1S/C12H21N5O.HI/c1-3-13-12(17-8-4-5-9-17)14-7-6-11-15-10(2)16-18-11;/h3-9H2,1-2H3,(H,13,14);1H. The third-order valence-electron chi connectivity index (χ3n) is 2.90. The Hall–Kier alpha value is -0.860. The van der Waals surface area contributed by atoms with Gasteiger partial charge in [-0.25, -0.2) is 0 Å². The van der Waals surface area contributed by atoms with Crippen molar-refractivity contribution in [1.29, 1.82) is 0 Å². The Morgan fingerprint density at radius 2 is 2.16 bits per heavy atom. The molecule has 108 valence electrons. The maximum atomic E-state index is 5.07. The summed E-state index contributed by atoms with van der Waals surface area (Å²) in [5.41, 5.74) is 0. The van der Waals surface area contributed by atoms with E-state index < -0.39 is 0 Å². The number of nitrogens with zero attached hydrogens (tertiary/aromatic N) is 4. The highest BCUT2D eigenvalue weighted by Crippen LogP contribution is 2.07. The van der Waals surface area contributed by atoms with Crippen molar-refractivity contribution in [2.24, 2.45) is 4.99 Å². The van der Waals surface area contributed by atoms with E-state index in [1.165, 1.54) is 12.8 Å². The average Bonchev–Trinajstić information content (AvgIpc) is 2.99. The lowest BCUT2D eigenvalue weighted by Crippen LogP contribution is -2.39. The van der Waals surface area contributed by atoms with E-state index in [1.54, 1.807) is 0 Å². The zero-order valence-corrected chi connectivity index (χ0v) is 13.9. The number of aromatic nitrogens is 2. The van der Waals surface area contributed by atoms with E-state index in [4.69, 9.17) is 4.52 Å². The van der Waals surface area contributed by atoms with Gasteiger partial charge in [0.1, 0.15) is 0 Å². The lowest BCUT2D eigenvalue weighted by atomic mass is 10.4. The summed E-state index contributed by atoms with van der Waals surface area (Å²) < 4.78 is 5.07. The van der Waals surface area contributed by atoms with E-state index in [0.29, 0.717) is 24.7 Å². The van der Waals surface area contributed by atoms with Gasteiger partial charge in [-0.15, -0.1) is 24.0 Å². The minimum atomic E-state index is 0. The number of aryl methyl sites for hydroxylation is 1. The molecule has 0 bridgehead atoms. The predicted octanol–water partition coefficient (Wildman–Crippen LogP) is 1.60. The fourth-order valence-electron chi connectivity index (χ4n) is 2.05. The summed E-state index contributed by atoms with van der Waals surface area (Å²) in [7, 11) is 0. The van der Waals surface area contributed by atoms with E-state index in [-0.39, 0.29) is 24.0 Å². The second kappa shape index (κ2) is 8.34. The number of aliphatic imine (C=N–C) groups is 1. The minimum absolute atomic E-state index is 0. The zero-order valence-electron chi connectivity index (χ0n) is 11.6. The number of rotatable bonds is 4. The number of halogens is 1. The number of hydrogen-bond acceptors (Lipinski definition) is 4. The summed E-state index contributed by atoms with van der Waals surface area (Å²) >= 11 is 0. The molecule has 2 rings (SSSR count). The molecule has 2 heterocycles. The molecule has 6 nitrogen and oxygen atoms in total. The van der Waals surface area contributed by atoms with Gasteiger partial charge in [0, 0.05) is 26.1 Å². The van der Waals surface area contributed by atoms with Gasteiger partial charge in [0.2, 0.25) is 5.89 Å². The van der Waals surface area contributed by atoms with Gasteiger partial charge >= 0.3 is 0 Å². The molecule has 1 aliphatic rings. The quantitative estimate of drug-likeness (QED) is 0.489. The first-order valence-electron chi connectivity index (χ1n) is 6.62. The highest BCUT2D eigenvalue weighted by atomic mass is 127. The average molecular weight is 379 g/mol. The number of guanidine groups is 1. The number of nitrogens with one attached hydrogen (secondary N) is 1. The fourth-order valence-corrected chi connectivity index (χ4v) is 2.05. The summed E-state index contributed by atoms with van der Waals surface area (Å²) in [6.45, 7) is 7.70. The van der Waals surface area contributed by atoms with Crippen LogP contribution in [0.5, 0.6) is 0 Å². The van der Waals surface area contributed by atoms with Crippen molar-refractivity contribution in [3.8, 4) is 0 Å². The molecular formula is C12H22IN5O. The first kappa shape index (κ1) is 16.2. The summed E-state index contributed by atoms with van der Waals surface area (Å²) in [5, 5.41) is 7.09. The molecule has 0 amide bonds. The molecule has 0 radical (unpaired) electrons. The summed E-state index contributed by atoms with van der Waals surface area (Å²) in [4.78, 5) is 11.1. The summed E-state index contributed by atoms with van der Waals surface area (Å²) in [5.74, 6) is 2.35. The Morgan fingerprint density at radius 1 is 1.42 bits per heavy atom. The molecule has 1 fully saturated rings. The van der Waals surface area contributed by atoms with Crippen LogP contribution in [0.2, 0.25) is 0 Å². The van der Waals surface area contributed by atoms with Crippen molar-refractivity contribution in [2.75, 3.05) is 26.2 Å². The molecule has 1 aromatic rings. The molecule has 7 heteroatoms. The van der Waals surface area contributed by atoms with Crippen molar-refractivity contribution in [1.82, 2.24) is 20.4 Å². The molecule has 0 spiro atoms. The second-order valence-corrected chi connectivity index (χ2v) is 4.42. The van der Waals surface area contributed by atoms with Gasteiger partial charge in [-0.3, -0.25) is 4.99 Å². The number of likely N-dealkylation sites (tertiary alicyclic amines) is 1. The first-order chi connectivity index (χ1) is 8.79. The minimum Gasteiger partial charge on any atom is -0.357 e. The molecule has 1 aliphatic heterocycles. The predicted molar refractivity (Wildman–Crippen MR) is 84.9 cm³/mol. The Labute approximate surface area is 131 Å². The summed E-state index contributed by atoms with van der Waals surface area (Å²) in [6, 6.07) is 0. The van der Waals surface area contributed by atoms with E-state index >= 15 is 0 Å². The van der Waals surface area contributed by atoms with Gasteiger partial charge in [0.15, 0.2) is 11.8 Å². The molecule has 19 heavy (non-hydrogen) atoms. The Balaban J connectivity index is 0.00000180. The van der Waals surface area contributed by atoms with Crippen molar-refractivity contribution >= 4 is 29.9 Å². The maximum absolute atomic E-state index is 5.07. The number of hydrogen-bond donors (Lipinski definition) is 1. The van der Waals surface area contributed by atoms with Crippen LogP contribution in [-0.4, -0.2) is 47.2 Å². The third kappa shape index (κ3) is 4.96. The van der Waals surface area contributed by atoms with Crippen molar-refractivity contribution < 1.29 is 4.52 Å². The van der Waals surface area contributed by atoms with Gasteiger partial charge in [-0.05, 0) is 26.7 Å². The van der Waals surface area contributed by atoms with E-state index in [9.17, 15) is 0 Å². The van der Waals surface area contributed by atoms with E-state index in [2.05, 4.69) is 32.3 Å². The van der Waals surface area contributed by atoms with Gasteiger partial charge in [-0.1, -0.05) is 5.16 Å². The first-order valence-corrected chi connectivity index (χ1v) is 6.62. The van der Waals surface area contributed by atoms with Crippen LogP contribution in [0, 0.1) is 6.92 Å². The van der Waals surface area contributed by atoms with E-state index in [0.717, 1.165) is 25.6 Å². The van der Waals surface area contributed by atoms with E-state index in [1.807, 2.05) is 6.92 Å². The van der Waals surface area contributed by atoms with Crippen LogP contribution in [0.3, 0.4) is 0 Å². The van der Waals surface area contributed by atoms with Crippen molar-refractivity contribution in [3.63, 3.8) is 0 Å². The zero-order chi connectivity index (χ0) is 12.8. The van der Waals surface area contributed by atoms with Crippen LogP contribution in [0.15, 0.2) is 9.52 Å². The molecule has 0 aliphatic carbocycles. The lowest BCUT2D eigenvalue weighted by Gasteiger charge is -2.20. The van der Waals surface area contributed by atoms with Gasteiger partial charge in [0.05, 0.1) is 6.54 Å². The van der Waals surface area contributed by atoms with Crippen LogP contribution >= 0.6 is 24.0 Å². The van der Waals surface area contributed by atoms with Crippen LogP contribution in [0.1, 0.15) is 31.5 Å². The molecular weight excluding hydrogens is 357 g/mol. The third-order valence-corrected chi connectivity index (χ3v) is 2.90. The Kier molecular flexibility index (Phi) is 7.11. The van der Waals surface area contributed by atoms with Gasteiger partial charge < -0.3 is 14.7 Å². The van der Waals surface area contributed by atoms with Crippen LogP contribution < -0.4 is 5.32 Å². The molecule has 1 aromatic heterocycles. The fraction of sp³-hybridized carbons (Fsp3) is 0.750. The van der Waals surface area contributed by atoms with Crippen molar-refractivity contribution in [2.45, 2.75) is 33.1 Å². The largest absolute Gasteiger partial charge is 0.357 e. The SMILES string of the molecule is CCNC(=NCCc1nc(C)no1)N1CCCC1.I. The molecule has 0 atom stereocenters. The monoisotopic (exact) mass is 379 g/mol. The molecule has 0 saturated carbocycles. The Morgan fingerprint density at radius 3 is 2.74 bits per heavy atom. The topological polar surface area (TPSA) is 66.5 Å². The van der Waals surface area contributed by atoms with Gasteiger partial charge in [0.25, 0.3) is 0 Å². The van der Waals surface area contributed by atoms with Gasteiger partial charge in [-0.2, -0.15) is 4.98 Å². The second-order valence-electron chi connectivity index (χ2n) is 4.42. The molecule has 0 aromatic carbocycles. The normalized spacial score (nSPS) is 15.5. The van der Waals surface area contributed by atoms with Crippen LogP contribution in [0.4, 0.5) is 0 Å². The maximum Gasteiger partial charge on any atom is 0.228 e. The molecule has 0 unspecified atom stereocenters.